The zero-order chi connectivity index (χ0) is 72.3. The quantitative estimate of drug-likeness (QED) is 0.0222. The number of unbranched alkanes of at least 4 members (excludes halogenated alkanes) is 43. The summed E-state index contributed by atoms with van der Waals surface area (Å²) >= 11 is 0. The van der Waals surface area contributed by atoms with Gasteiger partial charge in [0, 0.05) is 25.7 Å². The molecule has 0 aliphatic carbocycles. The predicted molar refractivity (Wildman–Crippen MR) is 400 cm³/mol. The van der Waals surface area contributed by atoms with Gasteiger partial charge in [0.05, 0.1) is 26.4 Å². The summed E-state index contributed by atoms with van der Waals surface area (Å²) in [4.78, 5) is 72.8. The molecule has 3 N–H and O–H groups in total. The van der Waals surface area contributed by atoms with Gasteiger partial charge in [0.2, 0.25) is 0 Å². The molecule has 0 aliphatic heterocycles. The number of rotatable bonds is 77. The van der Waals surface area contributed by atoms with Crippen LogP contribution in [-0.2, 0) is 65.4 Å². The summed E-state index contributed by atoms with van der Waals surface area (Å²) in [5, 5.41) is 10.6. The zero-order valence-electron chi connectivity index (χ0n) is 64.3. The molecule has 0 aromatic rings. The second kappa shape index (κ2) is 69.4. The molecular weight excluding hydrogens is 1280 g/mol. The van der Waals surface area contributed by atoms with Crippen LogP contribution >= 0.6 is 15.6 Å². The Bertz CT molecular complexity index is 1910. The van der Waals surface area contributed by atoms with Crippen LogP contribution < -0.4 is 0 Å². The summed E-state index contributed by atoms with van der Waals surface area (Å²) in [5.74, 6) is 0.345. The number of aliphatic hydroxyl groups is 1. The SMILES string of the molecule is CCCCCCCCCC(=O)OC[C@H](COP(=O)(O)OC[C@H](O)COP(=O)(O)OC[C@@H](COC(=O)CCCCCCCCCCCCCCCCC(C)CC)OC(=O)CCCCCCCCCCCCCCCCCCC(C)C)OC(=O)CCCCCCCCCCCCC(C)CC. The highest BCUT2D eigenvalue weighted by Gasteiger charge is 2.30. The summed E-state index contributed by atoms with van der Waals surface area (Å²) < 4.78 is 68.5. The van der Waals surface area contributed by atoms with E-state index in [9.17, 15) is 43.2 Å². The number of phosphoric acid groups is 2. The zero-order valence-corrected chi connectivity index (χ0v) is 66.0. The fourth-order valence-corrected chi connectivity index (χ4v) is 13.6. The normalized spacial score (nSPS) is 14.6. The van der Waals surface area contributed by atoms with Crippen molar-refractivity contribution >= 4 is 39.5 Å². The van der Waals surface area contributed by atoms with Crippen molar-refractivity contribution in [3.63, 3.8) is 0 Å². The van der Waals surface area contributed by atoms with Crippen LogP contribution in [0.25, 0.3) is 0 Å². The van der Waals surface area contributed by atoms with Crippen LogP contribution in [-0.4, -0.2) is 96.7 Å². The summed E-state index contributed by atoms with van der Waals surface area (Å²) in [6.07, 6.45) is 56.9. The van der Waals surface area contributed by atoms with Crippen LogP contribution in [0.2, 0.25) is 0 Å². The summed E-state index contributed by atoms with van der Waals surface area (Å²) in [6, 6.07) is 0. The number of ether oxygens (including phenoxy) is 4. The minimum absolute atomic E-state index is 0.106. The molecule has 4 unspecified atom stereocenters. The molecule has 0 saturated heterocycles. The largest absolute Gasteiger partial charge is 0.472 e. The Hall–Kier alpha value is -1.94. The number of carbonyl (C=O) groups is 4. The van der Waals surface area contributed by atoms with Gasteiger partial charge >= 0.3 is 39.5 Å². The highest BCUT2D eigenvalue weighted by atomic mass is 31.2. The molecule has 582 valence electrons. The van der Waals surface area contributed by atoms with Crippen LogP contribution in [0.5, 0.6) is 0 Å². The lowest BCUT2D eigenvalue weighted by molar-refractivity contribution is -0.161. The van der Waals surface area contributed by atoms with Gasteiger partial charge in [-0.05, 0) is 43.4 Å². The van der Waals surface area contributed by atoms with Gasteiger partial charge < -0.3 is 33.8 Å². The van der Waals surface area contributed by atoms with Gasteiger partial charge in [0.25, 0.3) is 0 Å². The molecule has 0 saturated carbocycles. The first-order chi connectivity index (χ1) is 47.3. The van der Waals surface area contributed by atoms with Crippen molar-refractivity contribution in [1.82, 2.24) is 0 Å². The van der Waals surface area contributed by atoms with Crippen molar-refractivity contribution in [3.05, 3.63) is 0 Å². The van der Waals surface area contributed by atoms with Crippen molar-refractivity contribution in [3.8, 4) is 0 Å². The van der Waals surface area contributed by atoms with E-state index in [1.807, 2.05) is 0 Å². The number of aliphatic hydroxyl groups excluding tert-OH is 1. The molecule has 0 aromatic heterocycles. The maximum atomic E-state index is 13.1. The van der Waals surface area contributed by atoms with Gasteiger partial charge in [-0.2, -0.15) is 0 Å². The lowest BCUT2D eigenvalue weighted by Crippen LogP contribution is -2.30. The average molecular weight is 1440 g/mol. The highest BCUT2D eigenvalue weighted by Crippen LogP contribution is 2.45. The monoisotopic (exact) mass is 1440 g/mol. The Kier molecular flexibility index (Phi) is 68.1. The Morgan fingerprint density at radius 3 is 0.776 bits per heavy atom. The number of hydrogen-bond donors (Lipinski definition) is 3. The van der Waals surface area contributed by atoms with E-state index in [4.69, 9.17) is 37.0 Å². The van der Waals surface area contributed by atoms with Crippen LogP contribution in [0.3, 0.4) is 0 Å². The van der Waals surface area contributed by atoms with Crippen LogP contribution in [0.4, 0.5) is 0 Å². The van der Waals surface area contributed by atoms with E-state index in [1.54, 1.807) is 0 Å². The van der Waals surface area contributed by atoms with E-state index in [0.717, 1.165) is 120 Å². The molecule has 0 aromatic carbocycles. The van der Waals surface area contributed by atoms with E-state index in [2.05, 4.69) is 48.5 Å². The van der Waals surface area contributed by atoms with Gasteiger partial charge in [-0.25, -0.2) is 9.13 Å². The maximum Gasteiger partial charge on any atom is 0.472 e. The Morgan fingerprint density at radius 2 is 0.520 bits per heavy atom. The number of hydrogen-bond acceptors (Lipinski definition) is 15. The van der Waals surface area contributed by atoms with Gasteiger partial charge in [-0.3, -0.25) is 37.3 Å². The topological polar surface area (TPSA) is 237 Å². The van der Waals surface area contributed by atoms with Crippen LogP contribution in [0.1, 0.15) is 408 Å². The van der Waals surface area contributed by atoms with E-state index < -0.39 is 97.5 Å². The Morgan fingerprint density at radius 1 is 0.296 bits per heavy atom. The lowest BCUT2D eigenvalue weighted by atomic mass is 9.99. The summed E-state index contributed by atoms with van der Waals surface area (Å²) in [5.41, 5.74) is 0. The summed E-state index contributed by atoms with van der Waals surface area (Å²) in [6.45, 7) is 12.0. The third kappa shape index (κ3) is 69.8. The van der Waals surface area contributed by atoms with E-state index in [0.29, 0.717) is 25.7 Å². The minimum Gasteiger partial charge on any atom is -0.462 e. The molecule has 0 amide bonds. The van der Waals surface area contributed by atoms with E-state index in [-0.39, 0.29) is 25.7 Å². The molecule has 0 rings (SSSR count). The molecule has 0 bridgehead atoms. The third-order valence-corrected chi connectivity index (χ3v) is 21.0. The van der Waals surface area contributed by atoms with Crippen molar-refractivity contribution < 1.29 is 80.2 Å². The predicted octanol–water partition coefficient (Wildman–Crippen LogP) is 23.4. The first-order valence-electron chi connectivity index (χ1n) is 40.9. The van der Waals surface area contributed by atoms with Crippen molar-refractivity contribution in [2.75, 3.05) is 39.6 Å². The summed E-state index contributed by atoms with van der Waals surface area (Å²) in [7, 11) is -9.91. The van der Waals surface area contributed by atoms with Gasteiger partial charge in [-0.1, -0.05) is 357 Å². The fourth-order valence-electron chi connectivity index (χ4n) is 12.1. The standard InChI is InChI=1S/C79H154O17P2/c1-8-11-12-13-36-46-53-60-76(81)89-66-74(95-79(84)63-56-49-42-35-29-28-32-39-45-52-59-72(7)10-3)68-93-97(85,86)91-64-73(80)65-92-98(87,88)94-69-75(67-90-77(82)61-54-47-40-33-26-22-19-18-21-25-31-38-44-51-58-71(6)9-2)96-78(83)62-55-48-41-34-27-23-17-15-14-16-20-24-30-37-43-50-57-70(4)5/h70-75,80H,8-69H2,1-7H3,(H,85,86)(H,87,88)/t71?,72?,73-,74+,75+/m0/s1. The third-order valence-electron chi connectivity index (χ3n) is 19.1. The first-order valence-corrected chi connectivity index (χ1v) is 43.9. The van der Waals surface area contributed by atoms with Crippen molar-refractivity contribution in [2.24, 2.45) is 17.8 Å². The highest BCUT2D eigenvalue weighted by molar-refractivity contribution is 7.47. The second-order valence-electron chi connectivity index (χ2n) is 29.4. The molecule has 19 heteroatoms. The molecule has 0 fully saturated rings. The molecule has 17 nitrogen and oxygen atoms in total. The minimum atomic E-state index is -4.96. The molecular formula is C79H154O17P2. The Labute approximate surface area is 600 Å². The molecule has 0 radical (unpaired) electrons. The van der Waals surface area contributed by atoms with Crippen LogP contribution in [0.15, 0.2) is 0 Å². The maximum absolute atomic E-state index is 13.1. The molecule has 0 heterocycles. The molecule has 0 aliphatic rings. The van der Waals surface area contributed by atoms with Gasteiger partial charge in [0.1, 0.15) is 19.3 Å². The molecule has 98 heavy (non-hydrogen) atoms. The average Bonchev–Trinajstić information content (AvgIpc) is 2.00. The second-order valence-corrected chi connectivity index (χ2v) is 32.3. The fraction of sp³-hybridized carbons (Fsp3) is 0.949. The first kappa shape index (κ1) is 96.1. The van der Waals surface area contributed by atoms with Crippen LogP contribution in [0, 0.1) is 17.8 Å². The van der Waals surface area contributed by atoms with E-state index in [1.165, 1.54) is 205 Å². The molecule has 0 spiro atoms. The number of carbonyl (C=O) groups excluding carboxylic acids is 4. The van der Waals surface area contributed by atoms with Gasteiger partial charge in [0.15, 0.2) is 12.2 Å². The molecule has 7 atom stereocenters. The lowest BCUT2D eigenvalue weighted by Gasteiger charge is -2.21. The van der Waals surface area contributed by atoms with Gasteiger partial charge in [-0.15, -0.1) is 0 Å². The van der Waals surface area contributed by atoms with Crippen molar-refractivity contribution in [2.45, 2.75) is 426 Å². The number of esters is 4. The number of phosphoric ester groups is 2. The van der Waals surface area contributed by atoms with E-state index >= 15 is 0 Å². The van der Waals surface area contributed by atoms with Crippen molar-refractivity contribution in [1.29, 1.82) is 0 Å². The Balaban J connectivity index is 5.20. The smallest absolute Gasteiger partial charge is 0.462 e.